The molecule has 0 radical (unpaired) electrons. The Morgan fingerprint density at radius 3 is 1.81 bits per heavy atom. The third kappa shape index (κ3) is 30.7. The standard InChI is InChI=1S/C33H54NO8P/c1-3-5-6-7-8-9-10-11-12-13-14-15-16-17-18-19-20-21-22-23-24-26-33(37)40-29-31(35)30-42-43(38,39)41-28-27-34-32(36)25-4-2/h5-6,8-9,11-12,14-15,17-18,20-21,31,35H,3-4,7,10,13,16,19,22-30H2,1-2H3,(H,34,36)(H,38,39)/b6-5-,9-8-,12-11-,15-14-,18-17-,21-20-. The van der Waals surface area contributed by atoms with Crippen LogP contribution in [0.5, 0.6) is 0 Å². The molecule has 0 aromatic carbocycles. The number of ether oxygens (including phenoxy) is 1. The first-order valence-corrected chi connectivity index (χ1v) is 16.9. The minimum absolute atomic E-state index is 0.0625. The van der Waals surface area contributed by atoms with Crippen molar-refractivity contribution in [3.8, 4) is 0 Å². The van der Waals surface area contributed by atoms with Crippen LogP contribution in [-0.2, 0) is 27.9 Å². The van der Waals surface area contributed by atoms with Gasteiger partial charge < -0.3 is 20.1 Å². The van der Waals surface area contributed by atoms with E-state index in [0.29, 0.717) is 19.3 Å². The highest BCUT2D eigenvalue weighted by atomic mass is 31.2. The summed E-state index contributed by atoms with van der Waals surface area (Å²) in [7, 11) is -4.39. The summed E-state index contributed by atoms with van der Waals surface area (Å²) < 4.78 is 26.2. The Kier molecular flexibility index (Phi) is 27.8. The van der Waals surface area contributed by atoms with Crippen molar-refractivity contribution in [2.75, 3.05) is 26.4 Å². The fourth-order valence-corrected chi connectivity index (χ4v) is 4.12. The number of nitrogens with one attached hydrogen (secondary N) is 1. The third-order valence-corrected chi connectivity index (χ3v) is 6.60. The molecule has 0 saturated heterocycles. The van der Waals surface area contributed by atoms with Gasteiger partial charge >= 0.3 is 13.8 Å². The second-order valence-electron chi connectivity index (χ2n) is 9.70. The van der Waals surface area contributed by atoms with Crippen molar-refractivity contribution in [2.45, 2.75) is 97.0 Å². The van der Waals surface area contributed by atoms with Crippen LogP contribution in [0.15, 0.2) is 72.9 Å². The monoisotopic (exact) mass is 623 g/mol. The maximum Gasteiger partial charge on any atom is 0.472 e. The van der Waals surface area contributed by atoms with Gasteiger partial charge in [0, 0.05) is 19.4 Å². The number of phosphoric acid groups is 1. The molecular weight excluding hydrogens is 569 g/mol. The number of allylic oxidation sites excluding steroid dienone is 12. The lowest BCUT2D eigenvalue weighted by atomic mass is 10.2. The lowest BCUT2D eigenvalue weighted by Gasteiger charge is -2.15. The number of carbonyl (C=O) groups is 2. The van der Waals surface area contributed by atoms with Gasteiger partial charge in [-0.15, -0.1) is 0 Å². The van der Waals surface area contributed by atoms with Gasteiger partial charge in [-0.3, -0.25) is 18.6 Å². The van der Waals surface area contributed by atoms with E-state index in [1.54, 1.807) is 0 Å². The van der Waals surface area contributed by atoms with E-state index in [0.717, 1.165) is 51.4 Å². The molecule has 0 aromatic heterocycles. The lowest BCUT2D eigenvalue weighted by molar-refractivity contribution is -0.147. The van der Waals surface area contributed by atoms with Gasteiger partial charge in [-0.2, -0.15) is 0 Å². The zero-order valence-corrected chi connectivity index (χ0v) is 27.0. The molecule has 0 aromatic rings. The Labute approximate surface area is 259 Å². The van der Waals surface area contributed by atoms with Crippen LogP contribution in [0.25, 0.3) is 0 Å². The van der Waals surface area contributed by atoms with E-state index >= 15 is 0 Å². The molecule has 1 amide bonds. The largest absolute Gasteiger partial charge is 0.472 e. The van der Waals surface area contributed by atoms with Gasteiger partial charge in [0.2, 0.25) is 5.91 Å². The Balaban J connectivity index is 3.74. The summed E-state index contributed by atoms with van der Waals surface area (Å²) >= 11 is 0. The van der Waals surface area contributed by atoms with Crippen LogP contribution < -0.4 is 5.32 Å². The molecule has 3 N–H and O–H groups in total. The van der Waals surface area contributed by atoms with Crippen LogP contribution in [0.3, 0.4) is 0 Å². The highest BCUT2D eigenvalue weighted by Crippen LogP contribution is 2.42. The quantitative estimate of drug-likeness (QED) is 0.0379. The second-order valence-corrected chi connectivity index (χ2v) is 11.1. The molecule has 9 nitrogen and oxygen atoms in total. The number of carbonyl (C=O) groups excluding carboxylic acids is 2. The normalized spacial score (nSPS) is 14.6. The van der Waals surface area contributed by atoms with E-state index in [1.165, 1.54) is 0 Å². The Morgan fingerprint density at radius 1 is 0.744 bits per heavy atom. The number of aliphatic hydroxyl groups excluding tert-OH is 1. The molecule has 10 heteroatoms. The third-order valence-electron chi connectivity index (χ3n) is 5.62. The summed E-state index contributed by atoms with van der Waals surface area (Å²) in [5, 5.41) is 12.4. The molecule has 0 rings (SSSR count). The van der Waals surface area contributed by atoms with Gasteiger partial charge in [-0.1, -0.05) is 86.8 Å². The highest BCUT2D eigenvalue weighted by molar-refractivity contribution is 7.47. The van der Waals surface area contributed by atoms with Crippen molar-refractivity contribution in [3.63, 3.8) is 0 Å². The predicted octanol–water partition coefficient (Wildman–Crippen LogP) is 7.20. The fourth-order valence-electron chi connectivity index (χ4n) is 3.36. The molecule has 0 bridgehead atoms. The van der Waals surface area contributed by atoms with E-state index in [4.69, 9.17) is 13.8 Å². The summed E-state index contributed by atoms with van der Waals surface area (Å²) in [5.74, 6) is -0.626. The van der Waals surface area contributed by atoms with Gasteiger partial charge in [0.05, 0.1) is 13.2 Å². The number of esters is 1. The van der Waals surface area contributed by atoms with Crippen molar-refractivity contribution in [3.05, 3.63) is 72.9 Å². The molecule has 0 spiro atoms. The minimum Gasteiger partial charge on any atom is -0.463 e. The Hall–Kier alpha value is -2.55. The van der Waals surface area contributed by atoms with Crippen LogP contribution in [0.2, 0.25) is 0 Å². The van der Waals surface area contributed by atoms with Crippen molar-refractivity contribution in [2.24, 2.45) is 0 Å². The van der Waals surface area contributed by atoms with Crippen molar-refractivity contribution < 1.29 is 37.9 Å². The molecule has 0 aliphatic heterocycles. The molecule has 0 aliphatic rings. The van der Waals surface area contributed by atoms with Crippen LogP contribution in [0.4, 0.5) is 0 Å². The summed E-state index contributed by atoms with van der Waals surface area (Å²) in [4.78, 5) is 32.8. The van der Waals surface area contributed by atoms with Crippen LogP contribution in [-0.4, -0.2) is 54.3 Å². The van der Waals surface area contributed by atoms with Gasteiger partial charge in [-0.05, 0) is 64.2 Å². The molecule has 244 valence electrons. The first kappa shape index (κ1) is 40.5. The van der Waals surface area contributed by atoms with Gasteiger partial charge in [0.1, 0.15) is 12.7 Å². The fraction of sp³-hybridized carbons (Fsp3) is 0.576. The van der Waals surface area contributed by atoms with E-state index in [2.05, 4.69) is 85.2 Å². The number of amides is 1. The number of aliphatic hydroxyl groups is 1. The minimum atomic E-state index is -4.39. The number of hydrogen-bond acceptors (Lipinski definition) is 7. The maximum atomic E-state index is 11.8. The molecule has 0 fully saturated rings. The summed E-state index contributed by atoms with van der Waals surface area (Å²) in [6.45, 7) is 2.97. The zero-order valence-electron chi connectivity index (χ0n) is 26.1. The van der Waals surface area contributed by atoms with Crippen molar-refractivity contribution in [1.29, 1.82) is 0 Å². The number of unbranched alkanes of at least 4 members (excludes halogenated alkanes) is 2. The van der Waals surface area contributed by atoms with E-state index < -0.39 is 26.5 Å². The Morgan fingerprint density at radius 2 is 1.28 bits per heavy atom. The predicted molar refractivity (Wildman–Crippen MR) is 173 cm³/mol. The van der Waals surface area contributed by atoms with Gasteiger partial charge in [0.15, 0.2) is 0 Å². The van der Waals surface area contributed by atoms with Crippen LogP contribution >= 0.6 is 7.82 Å². The number of rotatable bonds is 27. The van der Waals surface area contributed by atoms with Crippen molar-refractivity contribution in [1.82, 2.24) is 5.32 Å². The topological polar surface area (TPSA) is 131 Å². The van der Waals surface area contributed by atoms with Crippen molar-refractivity contribution >= 4 is 19.7 Å². The zero-order chi connectivity index (χ0) is 31.9. The summed E-state index contributed by atoms with van der Waals surface area (Å²) in [6.07, 6.45) is 34.1. The SMILES string of the molecule is CC/C=C\C/C=C\C/C=C\C/C=C\C/C=C\C/C=C\CCCCC(=O)OCC(O)COP(=O)(O)OCCNC(=O)CCC. The Bertz CT molecular complexity index is 939. The van der Waals surface area contributed by atoms with E-state index in [9.17, 15) is 24.2 Å². The van der Waals surface area contributed by atoms with Crippen LogP contribution in [0, 0.1) is 0 Å². The van der Waals surface area contributed by atoms with E-state index in [1.807, 2.05) is 6.92 Å². The van der Waals surface area contributed by atoms with Gasteiger partial charge in [0.25, 0.3) is 0 Å². The molecule has 0 heterocycles. The lowest BCUT2D eigenvalue weighted by Crippen LogP contribution is -2.27. The smallest absolute Gasteiger partial charge is 0.463 e. The molecule has 0 saturated carbocycles. The molecule has 0 aliphatic carbocycles. The van der Waals surface area contributed by atoms with E-state index in [-0.39, 0.29) is 32.1 Å². The summed E-state index contributed by atoms with van der Waals surface area (Å²) in [6, 6.07) is 0. The number of hydrogen-bond donors (Lipinski definition) is 3. The molecular formula is C33H54NO8P. The molecule has 2 unspecified atom stereocenters. The molecule has 2 atom stereocenters. The average molecular weight is 624 g/mol. The second kappa shape index (κ2) is 29.5. The maximum absolute atomic E-state index is 11.8. The highest BCUT2D eigenvalue weighted by Gasteiger charge is 2.23. The van der Waals surface area contributed by atoms with Crippen LogP contribution in [0.1, 0.15) is 90.9 Å². The first-order chi connectivity index (χ1) is 20.8. The average Bonchev–Trinajstić information content (AvgIpc) is 2.98. The van der Waals surface area contributed by atoms with Gasteiger partial charge in [-0.25, -0.2) is 4.57 Å². The first-order valence-electron chi connectivity index (χ1n) is 15.4. The number of phosphoric ester groups is 1. The molecule has 43 heavy (non-hydrogen) atoms. The summed E-state index contributed by atoms with van der Waals surface area (Å²) in [5.41, 5.74) is 0.